The van der Waals surface area contributed by atoms with Gasteiger partial charge in [0.25, 0.3) is 0 Å². The van der Waals surface area contributed by atoms with Crippen LogP contribution >= 0.6 is 22.6 Å². The summed E-state index contributed by atoms with van der Waals surface area (Å²) in [7, 11) is 0. The van der Waals surface area contributed by atoms with E-state index in [-0.39, 0.29) is 5.75 Å². The summed E-state index contributed by atoms with van der Waals surface area (Å²) in [4.78, 5) is 0. The summed E-state index contributed by atoms with van der Waals surface area (Å²) in [6.07, 6.45) is 3.05. The molecule has 1 N–H and O–H groups in total. The Morgan fingerprint density at radius 1 is 1.29 bits per heavy atom. The maximum Gasteiger partial charge on any atom is 0.153 e. The van der Waals surface area contributed by atoms with Crippen molar-refractivity contribution in [3.05, 3.63) is 45.8 Å². The third kappa shape index (κ3) is 2.25. The number of benzene rings is 1. The summed E-state index contributed by atoms with van der Waals surface area (Å²) in [5.41, 5.74) is 1.17. The van der Waals surface area contributed by atoms with Crippen LogP contribution in [0.5, 0.6) is 5.75 Å². The van der Waals surface area contributed by atoms with Crippen molar-refractivity contribution >= 4 is 22.6 Å². The Labute approximate surface area is 95.5 Å². The minimum absolute atomic E-state index is 0.204. The first kappa shape index (κ1) is 9.51. The van der Waals surface area contributed by atoms with E-state index >= 15 is 0 Å². The molecule has 0 bridgehead atoms. The van der Waals surface area contributed by atoms with Crippen molar-refractivity contribution in [1.29, 1.82) is 0 Å². The van der Waals surface area contributed by atoms with E-state index in [4.69, 9.17) is 5.11 Å². The zero-order valence-corrected chi connectivity index (χ0v) is 9.55. The van der Waals surface area contributed by atoms with Crippen LogP contribution in [0.25, 0.3) is 0 Å². The van der Waals surface area contributed by atoms with Crippen molar-refractivity contribution in [2.45, 2.75) is 6.54 Å². The lowest BCUT2D eigenvalue weighted by Crippen LogP contribution is -1.99. The number of rotatable bonds is 2. The highest BCUT2D eigenvalue weighted by atomic mass is 127. The Hall–Kier alpha value is -1.04. The Morgan fingerprint density at radius 3 is 2.57 bits per heavy atom. The fourth-order valence-electron chi connectivity index (χ4n) is 1.22. The average Bonchev–Trinajstić information content (AvgIpc) is 2.56. The third-order valence-corrected chi connectivity index (χ3v) is 2.60. The van der Waals surface area contributed by atoms with E-state index in [1.165, 1.54) is 15.3 Å². The Bertz CT molecular complexity index is 422. The summed E-state index contributed by atoms with van der Waals surface area (Å²) in [5.74, 6) is 0.204. The van der Waals surface area contributed by atoms with Gasteiger partial charge in [0, 0.05) is 3.57 Å². The SMILES string of the molecule is Oc1cnn(Cc2ccc(I)cc2)c1. The van der Waals surface area contributed by atoms with Crippen LogP contribution in [0.3, 0.4) is 0 Å². The Kier molecular flexibility index (Phi) is 2.72. The van der Waals surface area contributed by atoms with Crippen LogP contribution in [0.1, 0.15) is 5.56 Å². The van der Waals surface area contributed by atoms with Crippen LogP contribution in [0.15, 0.2) is 36.7 Å². The van der Waals surface area contributed by atoms with E-state index in [0.29, 0.717) is 6.54 Å². The molecule has 0 fully saturated rings. The molecule has 0 amide bonds. The van der Waals surface area contributed by atoms with E-state index < -0.39 is 0 Å². The minimum atomic E-state index is 0.204. The van der Waals surface area contributed by atoms with Gasteiger partial charge < -0.3 is 5.11 Å². The zero-order chi connectivity index (χ0) is 9.97. The number of halogens is 1. The highest BCUT2D eigenvalue weighted by molar-refractivity contribution is 14.1. The molecule has 1 aromatic heterocycles. The van der Waals surface area contributed by atoms with Crippen LogP contribution in [0.2, 0.25) is 0 Å². The first-order chi connectivity index (χ1) is 6.74. The largest absolute Gasteiger partial charge is 0.505 e. The monoisotopic (exact) mass is 300 g/mol. The van der Waals surface area contributed by atoms with Crippen LogP contribution in [-0.2, 0) is 6.54 Å². The van der Waals surface area contributed by atoms with Gasteiger partial charge in [0.05, 0.1) is 18.9 Å². The number of nitrogens with zero attached hydrogens (tertiary/aromatic N) is 2. The molecule has 0 aliphatic carbocycles. The molecule has 0 spiro atoms. The smallest absolute Gasteiger partial charge is 0.153 e. The van der Waals surface area contributed by atoms with Crippen LogP contribution < -0.4 is 0 Å². The van der Waals surface area contributed by atoms with Crippen molar-refractivity contribution in [1.82, 2.24) is 9.78 Å². The molecule has 4 heteroatoms. The summed E-state index contributed by atoms with van der Waals surface area (Å²) in [6, 6.07) is 8.22. The van der Waals surface area contributed by atoms with Gasteiger partial charge in [-0.1, -0.05) is 12.1 Å². The molecule has 1 heterocycles. The van der Waals surface area contributed by atoms with Crippen molar-refractivity contribution < 1.29 is 5.11 Å². The van der Waals surface area contributed by atoms with Gasteiger partial charge in [0.1, 0.15) is 0 Å². The second-order valence-electron chi connectivity index (χ2n) is 3.02. The van der Waals surface area contributed by atoms with E-state index in [9.17, 15) is 0 Å². The summed E-state index contributed by atoms with van der Waals surface area (Å²) in [5, 5.41) is 13.1. The van der Waals surface area contributed by atoms with Gasteiger partial charge in [-0.25, -0.2) is 0 Å². The molecule has 0 radical (unpaired) electrons. The summed E-state index contributed by atoms with van der Waals surface area (Å²) in [6.45, 7) is 0.692. The summed E-state index contributed by atoms with van der Waals surface area (Å²) >= 11 is 2.27. The van der Waals surface area contributed by atoms with E-state index in [1.54, 1.807) is 10.9 Å². The molecule has 0 saturated carbocycles. The maximum absolute atomic E-state index is 9.09. The average molecular weight is 300 g/mol. The molecule has 0 aliphatic heterocycles. The third-order valence-electron chi connectivity index (χ3n) is 1.88. The molecule has 3 nitrogen and oxygen atoms in total. The fraction of sp³-hybridized carbons (Fsp3) is 0.100. The Balaban J connectivity index is 2.15. The van der Waals surface area contributed by atoms with E-state index in [1.807, 2.05) is 0 Å². The van der Waals surface area contributed by atoms with Crippen LogP contribution in [0.4, 0.5) is 0 Å². The topological polar surface area (TPSA) is 38.1 Å². The molecule has 14 heavy (non-hydrogen) atoms. The van der Waals surface area contributed by atoms with E-state index in [2.05, 4.69) is 52.0 Å². The first-order valence-corrected chi connectivity index (χ1v) is 5.28. The second kappa shape index (κ2) is 4.00. The predicted molar refractivity (Wildman–Crippen MR) is 62.2 cm³/mol. The van der Waals surface area contributed by atoms with Gasteiger partial charge in [-0.15, -0.1) is 0 Å². The van der Waals surface area contributed by atoms with Gasteiger partial charge in [-0.05, 0) is 40.3 Å². The highest BCUT2D eigenvalue weighted by Gasteiger charge is 1.97. The molecule has 0 aliphatic rings. The first-order valence-electron chi connectivity index (χ1n) is 4.20. The second-order valence-corrected chi connectivity index (χ2v) is 4.27. The number of aromatic nitrogens is 2. The van der Waals surface area contributed by atoms with Gasteiger partial charge >= 0.3 is 0 Å². The van der Waals surface area contributed by atoms with Gasteiger partial charge in [0.15, 0.2) is 5.75 Å². The molecule has 1 aromatic carbocycles. The number of aromatic hydroxyl groups is 1. The van der Waals surface area contributed by atoms with Gasteiger partial charge in [-0.2, -0.15) is 5.10 Å². The Morgan fingerprint density at radius 2 is 2.00 bits per heavy atom. The zero-order valence-electron chi connectivity index (χ0n) is 7.39. The summed E-state index contributed by atoms with van der Waals surface area (Å²) < 4.78 is 2.92. The van der Waals surface area contributed by atoms with Crippen molar-refractivity contribution in [3.8, 4) is 5.75 Å². The molecule has 72 valence electrons. The standard InChI is InChI=1S/C10H9IN2O/c11-9-3-1-8(2-4-9)6-13-7-10(14)5-12-13/h1-5,7,14H,6H2. The molecule has 2 rings (SSSR count). The quantitative estimate of drug-likeness (QED) is 0.864. The van der Waals surface area contributed by atoms with E-state index in [0.717, 1.165) is 0 Å². The highest BCUT2D eigenvalue weighted by Crippen LogP contribution is 2.10. The molecule has 0 unspecified atom stereocenters. The molecule has 2 aromatic rings. The normalized spacial score (nSPS) is 10.4. The van der Waals surface area contributed by atoms with Gasteiger partial charge in [0.2, 0.25) is 0 Å². The lowest BCUT2D eigenvalue weighted by molar-refractivity contribution is 0.474. The van der Waals surface area contributed by atoms with Gasteiger partial charge in [-0.3, -0.25) is 4.68 Å². The fourth-order valence-corrected chi connectivity index (χ4v) is 1.58. The molecule has 0 atom stereocenters. The lowest BCUT2D eigenvalue weighted by Gasteiger charge is -2.01. The number of hydrogen-bond donors (Lipinski definition) is 1. The minimum Gasteiger partial charge on any atom is -0.505 e. The predicted octanol–water partition coefficient (Wildman–Crippen LogP) is 2.24. The molecular formula is C10H9IN2O. The molecule has 0 saturated heterocycles. The number of hydrogen-bond acceptors (Lipinski definition) is 2. The van der Waals surface area contributed by atoms with Crippen molar-refractivity contribution in [2.24, 2.45) is 0 Å². The maximum atomic E-state index is 9.09. The van der Waals surface area contributed by atoms with Crippen molar-refractivity contribution in [2.75, 3.05) is 0 Å². The molecular weight excluding hydrogens is 291 g/mol. The van der Waals surface area contributed by atoms with Crippen molar-refractivity contribution in [3.63, 3.8) is 0 Å². The van der Waals surface area contributed by atoms with Crippen LogP contribution in [0, 0.1) is 3.57 Å². The van der Waals surface area contributed by atoms with Crippen LogP contribution in [-0.4, -0.2) is 14.9 Å². The lowest BCUT2D eigenvalue weighted by atomic mass is 10.2.